The first kappa shape index (κ1) is 9.88. The van der Waals surface area contributed by atoms with E-state index in [2.05, 4.69) is 0 Å². The third kappa shape index (κ3) is 1.84. The quantitative estimate of drug-likeness (QED) is 0.776. The van der Waals surface area contributed by atoms with Crippen molar-refractivity contribution in [1.82, 2.24) is 0 Å². The molecule has 0 unspecified atom stereocenters. The zero-order valence-electron chi connectivity index (χ0n) is 9.37. The van der Waals surface area contributed by atoms with Crippen LogP contribution in [0.1, 0.15) is 41.6 Å². The molecule has 84 valence electrons. The summed E-state index contributed by atoms with van der Waals surface area (Å²) in [6, 6.07) is 5.87. The molecule has 2 nitrogen and oxygen atoms in total. The Morgan fingerprint density at radius 3 is 2.94 bits per heavy atom. The zero-order chi connectivity index (χ0) is 11.0. The number of benzene rings is 1. The first-order valence-corrected chi connectivity index (χ1v) is 6.12. The minimum atomic E-state index is 0.276. The first-order valence-electron chi connectivity index (χ1n) is 6.12. The minimum absolute atomic E-state index is 0.276. The van der Waals surface area contributed by atoms with Crippen molar-refractivity contribution in [3.8, 4) is 5.75 Å². The molecule has 1 fully saturated rings. The van der Waals surface area contributed by atoms with Crippen molar-refractivity contribution >= 4 is 5.78 Å². The van der Waals surface area contributed by atoms with Crippen LogP contribution in [0.4, 0.5) is 0 Å². The largest absolute Gasteiger partial charge is 0.493 e. The first-order chi connectivity index (χ1) is 7.84. The molecule has 0 heterocycles. The predicted octanol–water partition coefficient (Wildman–Crippen LogP) is 2.99. The topological polar surface area (TPSA) is 26.3 Å². The van der Waals surface area contributed by atoms with Gasteiger partial charge in [-0.2, -0.15) is 0 Å². The Morgan fingerprint density at radius 2 is 2.12 bits per heavy atom. The molecule has 3 rings (SSSR count). The van der Waals surface area contributed by atoms with Crippen LogP contribution in [-0.4, -0.2) is 12.4 Å². The second kappa shape index (κ2) is 3.93. The van der Waals surface area contributed by atoms with Crippen LogP contribution in [0.3, 0.4) is 0 Å². The number of hydrogen-bond acceptors (Lipinski definition) is 2. The number of rotatable bonds is 3. The highest BCUT2D eigenvalue weighted by molar-refractivity contribution is 5.99. The van der Waals surface area contributed by atoms with E-state index in [0.29, 0.717) is 6.42 Å². The molecular weight excluding hydrogens is 200 g/mol. The number of carbonyl (C=O) groups is 1. The number of carbonyl (C=O) groups excluding carboxylic acids is 1. The number of ether oxygens (including phenoxy) is 1. The smallest absolute Gasteiger partial charge is 0.163 e. The van der Waals surface area contributed by atoms with Crippen molar-refractivity contribution in [2.24, 2.45) is 5.92 Å². The van der Waals surface area contributed by atoms with Crippen LogP contribution >= 0.6 is 0 Å². The van der Waals surface area contributed by atoms with Crippen LogP contribution < -0.4 is 4.74 Å². The van der Waals surface area contributed by atoms with Crippen molar-refractivity contribution < 1.29 is 9.53 Å². The van der Waals surface area contributed by atoms with Gasteiger partial charge in [-0.3, -0.25) is 4.79 Å². The van der Waals surface area contributed by atoms with Gasteiger partial charge < -0.3 is 4.74 Å². The van der Waals surface area contributed by atoms with Gasteiger partial charge in [-0.1, -0.05) is 12.1 Å². The standard InChI is InChI=1S/C14H16O2/c15-13-5-1-4-12-11(13)3-2-6-14(12)16-9-10-7-8-10/h2-3,6,10H,1,4-5,7-9H2. The molecule has 0 aromatic heterocycles. The van der Waals surface area contributed by atoms with Gasteiger partial charge in [-0.15, -0.1) is 0 Å². The summed E-state index contributed by atoms with van der Waals surface area (Å²) in [5, 5.41) is 0. The van der Waals surface area contributed by atoms with Gasteiger partial charge >= 0.3 is 0 Å². The number of Topliss-reactive ketones (excluding diaryl/α,β-unsaturated/α-hetero) is 1. The molecule has 1 aromatic rings. The van der Waals surface area contributed by atoms with Crippen molar-refractivity contribution in [1.29, 1.82) is 0 Å². The van der Waals surface area contributed by atoms with E-state index in [9.17, 15) is 4.79 Å². The van der Waals surface area contributed by atoms with Gasteiger partial charge in [0.05, 0.1) is 6.61 Å². The summed E-state index contributed by atoms with van der Waals surface area (Å²) in [5.41, 5.74) is 2.03. The Kier molecular flexibility index (Phi) is 2.43. The third-order valence-corrected chi connectivity index (χ3v) is 3.44. The normalized spacial score (nSPS) is 19.4. The van der Waals surface area contributed by atoms with Gasteiger partial charge in [-0.25, -0.2) is 0 Å². The SMILES string of the molecule is O=C1CCCc2c(OCC3CC3)cccc21. The second-order valence-corrected chi connectivity index (χ2v) is 4.81. The molecule has 1 saturated carbocycles. The summed E-state index contributed by atoms with van der Waals surface area (Å²) in [6.45, 7) is 0.824. The van der Waals surface area contributed by atoms with Gasteiger partial charge in [0.25, 0.3) is 0 Å². The summed E-state index contributed by atoms with van der Waals surface area (Å²) >= 11 is 0. The molecule has 0 aliphatic heterocycles. The lowest BCUT2D eigenvalue weighted by atomic mass is 9.90. The number of ketones is 1. The summed E-state index contributed by atoms with van der Waals surface area (Å²) in [5.74, 6) is 1.98. The lowest BCUT2D eigenvalue weighted by Gasteiger charge is -2.18. The monoisotopic (exact) mass is 216 g/mol. The summed E-state index contributed by atoms with van der Waals surface area (Å²) in [7, 11) is 0. The maximum atomic E-state index is 11.7. The maximum absolute atomic E-state index is 11.7. The second-order valence-electron chi connectivity index (χ2n) is 4.81. The van der Waals surface area contributed by atoms with Crippen LogP contribution in [0.2, 0.25) is 0 Å². The fourth-order valence-corrected chi connectivity index (χ4v) is 2.27. The van der Waals surface area contributed by atoms with E-state index >= 15 is 0 Å². The van der Waals surface area contributed by atoms with Gasteiger partial charge in [0.1, 0.15) is 5.75 Å². The van der Waals surface area contributed by atoms with E-state index in [-0.39, 0.29) is 5.78 Å². The van der Waals surface area contributed by atoms with Gasteiger partial charge in [0.2, 0.25) is 0 Å². The number of hydrogen-bond donors (Lipinski definition) is 0. The molecule has 0 saturated heterocycles. The van der Waals surface area contributed by atoms with Crippen molar-refractivity contribution in [3.05, 3.63) is 29.3 Å². The van der Waals surface area contributed by atoms with Crippen LogP contribution in [0.15, 0.2) is 18.2 Å². The van der Waals surface area contributed by atoms with E-state index in [1.807, 2.05) is 18.2 Å². The Balaban J connectivity index is 1.85. The molecule has 0 bridgehead atoms. The molecule has 0 atom stereocenters. The Bertz CT molecular complexity index is 419. The van der Waals surface area contributed by atoms with Crippen molar-refractivity contribution in [2.45, 2.75) is 32.1 Å². The van der Waals surface area contributed by atoms with Crippen molar-refractivity contribution in [3.63, 3.8) is 0 Å². The summed E-state index contributed by atoms with van der Waals surface area (Å²) < 4.78 is 5.82. The predicted molar refractivity (Wildman–Crippen MR) is 61.9 cm³/mol. The molecule has 0 spiro atoms. The Labute approximate surface area is 95.6 Å². The zero-order valence-corrected chi connectivity index (χ0v) is 9.37. The molecule has 2 aliphatic rings. The van der Waals surface area contributed by atoms with E-state index < -0.39 is 0 Å². The molecular formula is C14H16O2. The van der Waals surface area contributed by atoms with Gasteiger partial charge in [-0.05, 0) is 37.7 Å². The van der Waals surface area contributed by atoms with Crippen LogP contribution in [-0.2, 0) is 6.42 Å². The van der Waals surface area contributed by atoms with E-state index in [0.717, 1.165) is 42.2 Å². The van der Waals surface area contributed by atoms with Crippen LogP contribution in [0.5, 0.6) is 5.75 Å². The maximum Gasteiger partial charge on any atom is 0.163 e. The lowest BCUT2D eigenvalue weighted by molar-refractivity contribution is 0.0971. The molecule has 2 aliphatic carbocycles. The fraction of sp³-hybridized carbons (Fsp3) is 0.500. The van der Waals surface area contributed by atoms with Crippen LogP contribution in [0, 0.1) is 5.92 Å². The third-order valence-electron chi connectivity index (χ3n) is 3.44. The molecule has 1 aromatic carbocycles. The molecule has 16 heavy (non-hydrogen) atoms. The minimum Gasteiger partial charge on any atom is -0.493 e. The molecule has 0 amide bonds. The highest BCUT2D eigenvalue weighted by atomic mass is 16.5. The Hall–Kier alpha value is -1.31. The summed E-state index contributed by atoms with van der Waals surface area (Å²) in [6.07, 6.45) is 5.25. The molecule has 2 heteroatoms. The summed E-state index contributed by atoms with van der Waals surface area (Å²) in [4.78, 5) is 11.7. The van der Waals surface area contributed by atoms with Gasteiger partial charge in [0, 0.05) is 17.5 Å². The van der Waals surface area contributed by atoms with E-state index in [1.54, 1.807) is 0 Å². The van der Waals surface area contributed by atoms with Crippen LogP contribution in [0.25, 0.3) is 0 Å². The lowest BCUT2D eigenvalue weighted by Crippen LogP contribution is -2.13. The average molecular weight is 216 g/mol. The molecule has 0 radical (unpaired) electrons. The van der Waals surface area contributed by atoms with Crippen molar-refractivity contribution in [2.75, 3.05) is 6.61 Å². The highest BCUT2D eigenvalue weighted by Crippen LogP contribution is 2.33. The fourth-order valence-electron chi connectivity index (χ4n) is 2.27. The average Bonchev–Trinajstić information content (AvgIpc) is 3.11. The van der Waals surface area contributed by atoms with E-state index in [4.69, 9.17) is 4.74 Å². The number of fused-ring (bicyclic) bond motifs is 1. The van der Waals surface area contributed by atoms with Gasteiger partial charge in [0.15, 0.2) is 5.78 Å². The highest BCUT2D eigenvalue weighted by Gasteiger charge is 2.24. The molecule has 0 N–H and O–H groups in total. The Morgan fingerprint density at radius 1 is 1.25 bits per heavy atom. The van der Waals surface area contributed by atoms with E-state index in [1.165, 1.54) is 12.8 Å².